The number of benzene rings is 1. The summed E-state index contributed by atoms with van der Waals surface area (Å²) in [6.45, 7) is 6.34. The zero-order valence-corrected chi connectivity index (χ0v) is 12.4. The number of fused-ring (bicyclic) bond motifs is 3. The number of hydrogen-bond donors (Lipinski definition) is 0. The Hall–Kier alpha value is -1.39. The van der Waals surface area contributed by atoms with Crippen LogP contribution in [0.1, 0.15) is 42.3 Å². The van der Waals surface area contributed by atoms with Crippen LogP contribution >= 0.6 is 0 Å². The maximum absolute atomic E-state index is 12.3. The number of Topliss-reactive ketones (excluding diaryl/α,β-unsaturated/α-hetero) is 1. The van der Waals surface area contributed by atoms with Crippen molar-refractivity contribution in [3.63, 3.8) is 0 Å². The average molecular weight is 276 g/mol. The normalized spacial score (nSPS) is 28.2. The van der Waals surface area contributed by atoms with Gasteiger partial charge in [0.15, 0.2) is 11.9 Å². The summed E-state index contributed by atoms with van der Waals surface area (Å²) in [5, 5.41) is 0. The highest BCUT2D eigenvalue weighted by atomic mass is 16.7. The van der Waals surface area contributed by atoms with Gasteiger partial charge in [-0.3, -0.25) is 4.79 Å². The number of ether oxygens (including phenoxy) is 3. The molecule has 0 N–H and O–H groups in total. The smallest absolute Gasteiger partial charge is 0.207 e. The summed E-state index contributed by atoms with van der Waals surface area (Å²) in [5.41, 5.74) is 2.82. The summed E-state index contributed by atoms with van der Waals surface area (Å²) in [7, 11) is 1.65. The van der Waals surface area contributed by atoms with Gasteiger partial charge < -0.3 is 14.2 Å². The highest BCUT2D eigenvalue weighted by Gasteiger charge is 2.40. The van der Waals surface area contributed by atoms with Gasteiger partial charge in [-0.25, -0.2) is 0 Å². The largest absolute Gasteiger partial charge is 0.481 e. The molecule has 1 aromatic rings. The minimum Gasteiger partial charge on any atom is -0.481 e. The Bertz CT molecular complexity index is 564. The second-order valence-corrected chi connectivity index (χ2v) is 6.03. The molecule has 2 aliphatic rings. The van der Waals surface area contributed by atoms with Crippen molar-refractivity contribution < 1.29 is 19.0 Å². The van der Waals surface area contributed by atoms with Crippen molar-refractivity contribution in [1.82, 2.24) is 0 Å². The predicted molar refractivity (Wildman–Crippen MR) is 73.9 cm³/mol. The van der Waals surface area contributed by atoms with Crippen molar-refractivity contribution in [2.24, 2.45) is 5.92 Å². The van der Waals surface area contributed by atoms with Crippen LogP contribution in [0.2, 0.25) is 0 Å². The molecule has 0 amide bonds. The van der Waals surface area contributed by atoms with Crippen molar-refractivity contribution in [2.75, 3.05) is 7.11 Å². The molecule has 4 heteroatoms. The highest BCUT2D eigenvalue weighted by molar-refractivity contribution is 6.05. The quantitative estimate of drug-likeness (QED) is 0.833. The summed E-state index contributed by atoms with van der Waals surface area (Å²) in [4.78, 5) is 12.3. The molecule has 0 saturated carbocycles. The molecule has 3 rings (SSSR count). The lowest BCUT2D eigenvalue weighted by Gasteiger charge is -2.34. The van der Waals surface area contributed by atoms with E-state index in [1.165, 1.54) is 0 Å². The first-order chi connectivity index (χ1) is 9.45. The van der Waals surface area contributed by atoms with E-state index in [4.69, 9.17) is 14.2 Å². The number of hydrogen-bond acceptors (Lipinski definition) is 4. The van der Waals surface area contributed by atoms with Crippen LogP contribution in [-0.2, 0) is 22.5 Å². The molecule has 0 aromatic heterocycles. The van der Waals surface area contributed by atoms with Gasteiger partial charge in [0, 0.05) is 19.1 Å². The van der Waals surface area contributed by atoms with Gasteiger partial charge in [0.05, 0.1) is 12.2 Å². The molecule has 0 aliphatic carbocycles. The maximum Gasteiger partial charge on any atom is 0.207 e. The van der Waals surface area contributed by atoms with Gasteiger partial charge in [-0.15, -0.1) is 0 Å². The van der Waals surface area contributed by atoms with Gasteiger partial charge in [-0.2, -0.15) is 0 Å². The number of carbonyl (C=O) groups is 1. The molecule has 0 saturated heterocycles. The molecule has 0 spiro atoms. The predicted octanol–water partition coefficient (Wildman–Crippen LogP) is 2.72. The van der Waals surface area contributed by atoms with E-state index < -0.39 is 5.79 Å². The molecule has 108 valence electrons. The molecule has 2 heterocycles. The Balaban J connectivity index is 2.00. The van der Waals surface area contributed by atoms with E-state index in [1.807, 2.05) is 32.9 Å². The van der Waals surface area contributed by atoms with Crippen LogP contribution in [0.25, 0.3) is 0 Å². The summed E-state index contributed by atoms with van der Waals surface area (Å²) in [6.07, 6.45) is 0.294. The lowest BCUT2D eigenvalue weighted by atomic mass is 9.93. The Kier molecular flexibility index (Phi) is 3.10. The molecule has 0 fully saturated rings. The number of carbonyl (C=O) groups excluding carboxylic acids is 1. The third-order valence-electron chi connectivity index (χ3n) is 4.20. The van der Waals surface area contributed by atoms with E-state index in [0.29, 0.717) is 24.3 Å². The van der Waals surface area contributed by atoms with Gasteiger partial charge in [0.1, 0.15) is 5.75 Å². The van der Waals surface area contributed by atoms with Crippen molar-refractivity contribution in [3.8, 4) is 5.75 Å². The lowest BCUT2D eigenvalue weighted by molar-refractivity contribution is -0.223. The molecule has 2 unspecified atom stereocenters. The third kappa shape index (κ3) is 1.95. The van der Waals surface area contributed by atoms with E-state index in [2.05, 4.69) is 0 Å². The fourth-order valence-electron chi connectivity index (χ4n) is 2.85. The summed E-state index contributed by atoms with van der Waals surface area (Å²) in [5.74, 6) is 0.364. The van der Waals surface area contributed by atoms with Gasteiger partial charge in [-0.05, 0) is 24.5 Å². The Morgan fingerprint density at radius 2 is 2.15 bits per heavy atom. The Morgan fingerprint density at radius 1 is 1.40 bits per heavy atom. The molecule has 20 heavy (non-hydrogen) atoms. The monoisotopic (exact) mass is 276 g/mol. The molecular weight excluding hydrogens is 256 g/mol. The first-order valence-electron chi connectivity index (χ1n) is 7.00. The van der Waals surface area contributed by atoms with Crippen molar-refractivity contribution in [3.05, 3.63) is 28.8 Å². The molecule has 0 radical (unpaired) electrons. The summed E-state index contributed by atoms with van der Waals surface area (Å²) >= 11 is 0. The van der Waals surface area contributed by atoms with E-state index in [-0.39, 0.29) is 17.8 Å². The fraction of sp³-hybridized carbons (Fsp3) is 0.562. The first kappa shape index (κ1) is 13.6. The van der Waals surface area contributed by atoms with E-state index in [0.717, 1.165) is 11.1 Å². The van der Waals surface area contributed by atoms with Crippen molar-refractivity contribution in [1.29, 1.82) is 0 Å². The molecule has 1 aromatic carbocycles. The number of methoxy groups -OCH3 is 1. The van der Waals surface area contributed by atoms with E-state index in [9.17, 15) is 4.79 Å². The fourth-order valence-corrected chi connectivity index (χ4v) is 2.85. The van der Waals surface area contributed by atoms with E-state index in [1.54, 1.807) is 7.11 Å². The van der Waals surface area contributed by atoms with Gasteiger partial charge >= 0.3 is 0 Å². The second kappa shape index (κ2) is 4.57. The molecule has 4 nitrogen and oxygen atoms in total. The topological polar surface area (TPSA) is 44.8 Å². The molecular formula is C16H20O4. The Morgan fingerprint density at radius 3 is 2.80 bits per heavy atom. The Labute approximate surface area is 119 Å². The number of ketones is 1. The summed E-state index contributed by atoms with van der Waals surface area (Å²) < 4.78 is 17.1. The van der Waals surface area contributed by atoms with Crippen molar-refractivity contribution >= 4 is 5.78 Å². The third-order valence-corrected chi connectivity index (χ3v) is 4.20. The van der Waals surface area contributed by atoms with Crippen LogP contribution in [0, 0.1) is 5.92 Å². The van der Waals surface area contributed by atoms with Gasteiger partial charge in [0.2, 0.25) is 5.78 Å². The second-order valence-electron chi connectivity index (χ2n) is 6.03. The molecule has 2 atom stereocenters. The maximum atomic E-state index is 12.3. The number of rotatable bonds is 2. The molecule has 0 bridgehead atoms. The summed E-state index contributed by atoms with van der Waals surface area (Å²) in [6, 6.07) is 3.87. The van der Waals surface area contributed by atoms with Crippen molar-refractivity contribution in [2.45, 2.75) is 45.7 Å². The minimum atomic E-state index is -0.596. The molecule has 2 aliphatic heterocycles. The van der Waals surface area contributed by atoms with Crippen LogP contribution in [-0.4, -0.2) is 24.8 Å². The zero-order chi connectivity index (χ0) is 14.5. The lowest BCUT2D eigenvalue weighted by Crippen LogP contribution is -2.37. The van der Waals surface area contributed by atoms with Crippen LogP contribution in [0.4, 0.5) is 0 Å². The highest BCUT2D eigenvalue weighted by Crippen LogP contribution is 2.41. The van der Waals surface area contributed by atoms with Crippen LogP contribution in [0.5, 0.6) is 5.75 Å². The zero-order valence-electron chi connectivity index (χ0n) is 12.4. The van der Waals surface area contributed by atoms with Gasteiger partial charge in [0.25, 0.3) is 0 Å². The SMILES string of the molecule is COC1(C)Cc2ccc3c(c2CO1)OC(C(C)C)C3=O. The van der Waals surface area contributed by atoms with Gasteiger partial charge in [-0.1, -0.05) is 19.9 Å². The minimum absolute atomic E-state index is 0.0814. The first-order valence-corrected chi connectivity index (χ1v) is 7.00. The van der Waals surface area contributed by atoms with Crippen LogP contribution in [0.3, 0.4) is 0 Å². The van der Waals surface area contributed by atoms with Crippen LogP contribution < -0.4 is 4.74 Å². The van der Waals surface area contributed by atoms with E-state index >= 15 is 0 Å². The average Bonchev–Trinajstić information content (AvgIpc) is 2.76. The van der Waals surface area contributed by atoms with Crippen LogP contribution in [0.15, 0.2) is 12.1 Å². The standard InChI is InChI=1S/C16H20O4/c1-9(2)14-13(17)11-6-5-10-7-16(3,18-4)19-8-12(10)15(11)20-14/h5-6,9,14H,7-8H2,1-4H3.